The van der Waals surface area contributed by atoms with Gasteiger partial charge in [-0.3, -0.25) is 0 Å². The first-order chi connectivity index (χ1) is 7.24. The molecule has 4 N–H and O–H groups in total. The van der Waals surface area contributed by atoms with Gasteiger partial charge >= 0.3 is 0 Å². The van der Waals surface area contributed by atoms with Crippen LogP contribution in [-0.2, 0) is 6.61 Å². The van der Waals surface area contributed by atoms with Gasteiger partial charge in [-0.05, 0) is 24.3 Å². The number of nitrogens with two attached hydrogens (primary N) is 1. The number of H-pyrrole nitrogens is 1. The fraction of sp³-hybridized carbons (Fsp3) is 0.100. The van der Waals surface area contributed by atoms with Crippen molar-refractivity contribution in [3.63, 3.8) is 0 Å². The number of benzene rings is 1. The molecule has 1 heterocycles. The predicted molar refractivity (Wildman–Crippen MR) is 55.4 cm³/mol. The third kappa shape index (κ3) is 2.40. The fourth-order valence-corrected chi connectivity index (χ4v) is 1.15. The molecule has 0 fully saturated rings. The predicted octanol–water partition coefficient (Wildman–Crippen LogP) is 1.28. The van der Waals surface area contributed by atoms with Crippen LogP contribution in [0.3, 0.4) is 0 Å². The summed E-state index contributed by atoms with van der Waals surface area (Å²) in [5.74, 6) is 1.27. The van der Waals surface area contributed by atoms with E-state index in [1.165, 1.54) is 0 Å². The van der Waals surface area contributed by atoms with Gasteiger partial charge in [-0.15, -0.1) is 0 Å². The molecule has 1 aromatic carbocycles. The second-order valence-corrected chi connectivity index (χ2v) is 3.08. The van der Waals surface area contributed by atoms with Gasteiger partial charge in [0.25, 0.3) is 0 Å². The molecule has 0 saturated heterocycles. The minimum Gasteiger partial charge on any atom is -0.508 e. The van der Waals surface area contributed by atoms with Crippen LogP contribution < -0.4 is 10.5 Å². The second kappa shape index (κ2) is 3.91. The molecule has 5 nitrogen and oxygen atoms in total. The summed E-state index contributed by atoms with van der Waals surface area (Å²) >= 11 is 0. The number of hydrogen-bond acceptors (Lipinski definition) is 4. The summed E-state index contributed by atoms with van der Waals surface area (Å²) in [6.45, 7) is 0.370. The van der Waals surface area contributed by atoms with Gasteiger partial charge in [0.2, 0.25) is 0 Å². The van der Waals surface area contributed by atoms with E-state index in [1.54, 1.807) is 30.5 Å². The number of phenolic OH excluding ortho intramolecular Hbond substituents is 1. The maximum absolute atomic E-state index is 9.06. The van der Waals surface area contributed by atoms with Crippen molar-refractivity contribution in [1.82, 2.24) is 9.97 Å². The van der Waals surface area contributed by atoms with Crippen molar-refractivity contribution in [3.05, 3.63) is 36.2 Å². The van der Waals surface area contributed by atoms with E-state index < -0.39 is 0 Å². The van der Waals surface area contributed by atoms with Gasteiger partial charge in [-0.1, -0.05) is 0 Å². The van der Waals surface area contributed by atoms with Crippen molar-refractivity contribution in [1.29, 1.82) is 0 Å². The van der Waals surface area contributed by atoms with Crippen molar-refractivity contribution in [2.24, 2.45) is 0 Å². The molecular formula is C10H11N3O2. The normalized spacial score (nSPS) is 10.1. The Morgan fingerprint density at radius 2 is 2.07 bits per heavy atom. The Hall–Kier alpha value is -2.17. The summed E-state index contributed by atoms with van der Waals surface area (Å²) in [7, 11) is 0. The third-order valence-corrected chi connectivity index (χ3v) is 1.88. The lowest BCUT2D eigenvalue weighted by Crippen LogP contribution is -1.95. The fourth-order valence-electron chi connectivity index (χ4n) is 1.15. The van der Waals surface area contributed by atoms with Crippen molar-refractivity contribution < 1.29 is 9.84 Å². The SMILES string of the molecule is Nc1ncc(COc2ccc(O)cc2)[nH]1. The zero-order valence-electron chi connectivity index (χ0n) is 7.97. The first-order valence-electron chi connectivity index (χ1n) is 4.45. The first kappa shape index (κ1) is 9.39. The highest BCUT2D eigenvalue weighted by Gasteiger charge is 1.98. The van der Waals surface area contributed by atoms with E-state index in [0.717, 1.165) is 5.69 Å². The second-order valence-electron chi connectivity index (χ2n) is 3.08. The number of ether oxygens (including phenoxy) is 1. The molecular weight excluding hydrogens is 194 g/mol. The Kier molecular flexibility index (Phi) is 2.45. The van der Waals surface area contributed by atoms with E-state index in [1.807, 2.05) is 0 Å². The van der Waals surface area contributed by atoms with Gasteiger partial charge in [0.1, 0.15) is 18.1 Å². The number of imidazole rings is 1. The number of aromatic nitrogens is 2. The summed E-state index contributed by atoms with van der Waals surface area (Å²) in [6, 6.07) is 6.51. The van der Waals surface area contributed by atoms with Crippen LogP contribution in [0.1, 0.15) is 5.69 Å². The quantitative estimate of drug-likeness (QED) is 0.704. The van der Waals surface area contributed by atoms with Gasteiger partial charge in [-0.25, -0.2) is 4.98 Å². The van der Waals surface area contributed by atoms with E-state index >= 15 is 0 Å². The zero-order chi connectivity index (χ0) is 10.7. The zero-order valence-corrected chi connectivity index (χ0v) is 7.97. The Morgan fingerprint density at radius 1 is 1.33 bits per heavy atom. The van der Waals surface area contributed by atoms with Crippen LogP contribution in [0.25, 0.3) is 0 Å². The molecule has 5 heteroatoms. The van der Waals surface area contributed by atoms with Crippen molar-refractivity contribution in [2.45, 2.75) is 6.61 Å². The van der Waals surface area contributed by atoms with Crippen molar-refractivity contribution in [3.8, 4) is 11.5 Å². The van der Waals surface area contributed by atoms with Crippen LogP contribution in [0.2, 0.25) is 0 Å². The van der Waals surface area contributed by atoms with E-state index in [0.29, 0.717) is 18.3 Å². The Labute approximate surface area is 86.5 Å². The van der Waals surface area contributed by atoms with E-state index in [4.69, 9.17) is 15.6 Å². The topological polar surface area (TPSA) is 84.2 Å². The van der Waals surface area contributed by atoms with Crippen LogP contribution in [0.5, 0.6) is 11.5 Å². The van der Waals surface area contributed by atoms with Gasteiger partial charge in [-0.2, -0.15) is 0 Å². The van der Waals surface area contributed by atoms with Gasteiger partial charge in [0.15, 0.2) is 5.95 Å². The molecule has 0 aliphatic carbocycles. The smallest absolute Gasteiger partial charge is 0.197 e. The Balaban J connectivity index is 1.96. The molecule has 78 valence electrons. The monoisotopic (exact) mass is 205 g/mol. The Bertz CT molecular complexity index is 436. The van der Waals surface area contributed by atoms with Crippen molar-refractivity contribution >= 4 is 5.95 Å². The molecule has 0 amide bonds. The van der Waals surface area contributed by atoms with Crippen LogP contribution in [0.4, 0.5) is 5.95 Å². The number of aromatic hydroxyl groups is 1. The number of nitrogens with one attached hydrogen (secondary N) is 1. The van der Waals surface area contributed by atoms with Crippen molar-refractivity contribution in [2.75, 3.05) is 5.73 Å². The number of rotatable bonds is 3. The molecule has 2 rings (SSSR count). The van der Waals surface area contributed by atoms with Crippen LogP contribution >= 0.6 is 0 Å². The standard InChI is InChI=1S/C10H11N3O2/c11-10-12-5-7(13-10)6-15-9-3-1-8(14)2-4-9/h1-5,14H,6H2,(H3,11,12,13). The number of hydrogen-bond donors (Lipinski definition) is 3. The Morgan fingerprint density at radius 3 is 2.67 bits per heavy atom. The number of anilines is 1. The van der Waals surface area contributed by atoms with Gasteiger partial charge < -0.3 is 20.6 Å². The highest BCUT2D eigenvalue weighted by atomic mass is 16.5. The minimum atomic E-state index is 0.216. The van der Waals surface area contributed by atoms with Gasteiger partial charge in [0.05, 0.1) is 11.9 Å². The molecule has 0 saturated carbocycles. The van der Waals surface area contributed by atoms with E-state index in [9.17, 15) is 0 Å². The maximum atomic E-state index is 9.06. The summed E-state index contributed by atoms with van der Waals surface area (Å²) < 4.78 is 5.42. The summed E-state index contributed by atoms with van der Waals surface area (Å²) in [5, 5.41) is 9.06. The lowest BCUT2D eigenvalue weighted by Gasteiger charge is -2.03. The van der Waals surface area contributed by atoms with Gasteiger partial charge in [0, 0.05) is 0 Å². The van der Waals surface area contributed by atoms with Crippen LogP contribution in [0, 0.1) is 0 Å². The molecule has 0 aliphatic heterocycles. The number of nitrogen functional groups attached to an aromatic ring is 1. The number of aromatic amines is 1. The molecule has 2 aromatic rings. The highest BCUT2D eigenvalue weighted by molar-refractivity contribution is 5.30. The first-order valence-corrected chi connectivity index (χ1v) is 4.45. The molecule has 0 radical (unpaired) electrons. The lowest BCUT2D eigenvalue weighted by molar-refractivity contribution is 0.301. The highest BCUT2D eigenvalue weighted by Crippen LogP contribution is 2.16. The largest absolute Gasteiger partial charge is 0.508 e. The van der Waals surface area contributed by atoms with E-state index in [2.05, 4.69) is 9.97 Å². The average Bonchev–Trinajstić information content (AvgIpc) is 2.64. The maximum Gasteiger partial charge on any atom is 0.197 e. The molecule has 0 unspecified atom stereocenters. The third-order valence-electron chi connectivity index (χ3n) is 1.88. The molecule has 0 bridgehead atoms. The molecule has 1 aromatic heterocycles. The molecule has 15 heavy (non-hydrogen) atoms. The minimum absolute atomic E-state index is 0.216. The molecule has 0 aliphatic rings. The van der Waals surface area contributed by atoms with Crippen LogP contribution in [-0.4, -0.2) is 15.1 Å². The lowest BCUT2D eigenvalue weighted by atomic mass is 10.3. The van der Waals surface area contributed by atoms with E-state index in [-0.39, 0.29) is 5.75 Å². The summed E-state index contributed by atoms with van der Waals surface area (Å²) in [4.78, 5) is 6.70. The molecule has 0 atom stereocenters. The number of nitrogens with zero attached hydrogens (tertiary/aromatic N) is 1. The molecule has 0 spiro atoms. The number of phenols is 1. The summed E-state index contributed by atoms with van der Waals surface area (Å²) in [5.41, 5.74) is 6.22. The summed E-state index contributed by atoms with van der Waals surface area (Å²) in [6.07, 6.45) is 1.62. The van der Waals surface area contributed by atoms with Crippen LogP contribution in [0.15, 0.2) is 30.5 Å². The average molecular weight is 205 g/mol.